The average Bonchev–Trinajstić information content (AvgIpc) is 2.90. The van der Waals surface area contributed by atoms with Gasteiger partial charge >= 0.3 is 0 Å². The molecular formula is C17H20N4O2. The number of hydrogen-bond donors (Lipinski definition) is 1. The van der Waals surface area contributed by atoms with Crippen LogP contribution in [0.15, 0.2) is 46.6 Å². The molecule has 1 N–H and O–H groups in total. The number of methoxy groups -OCH3 is 1. The van der Waals surface area contributed by atoms with Gasteiger partial charge in [0.1, 0.15) is 17.3 Å². The zero-order valence-corrected chi connectivity index (χ0v) is 13.8. The number of ether oxygens (including phenoxy) is 1. The fraction of sp³-hybridized carbons (Fsp3) is 0.235. The minimum Gasteiger partial charge on any atom is -0.480 e. The van der Waals surface area contributed by atoms with Crippen LogP contribution in [0.2, 0.25) is 0 Å². The molecule has 0 aliphatic heterocycles. The van der Waals surface area contributed by atoms with Crippen LogP contribution in [0.4, 0.5) is 5.69 Å². The summed E-state index contributed by atoms with van der Waals surface area (Å²) in [7, 11) is 3.28. The molecule has 0 radical (unpaired) electrons. The van der Waals surface area contributed by atoms with E-state index in [-0.39, 0.29) is 0 Å². The molecule has 0 saturated carbocycles. The molecule has 2 rings (SSSR count). The Morgan fingerprint density at radius 1 is 1.43 bits per heavy atom. The second kappa shape index (κ2) is 7.40. The summed E-state index contributed by atoms with van der Waals surface area (Å²) in [6.45, 7) is 7.42. The van der Waals surface area contributed by atoms with Crippen molar-refractivity contribution in [3.05, 3.63) is 48.5 Å². The van der Waals surface area contributed by atoms with Gasteiger partial charge in [-0.05, 0) is 26.0 Å². The predicted molar refractivity (Wildman–Crippen MR) is 92.1 cm³/mol. The van der Waals surface area contributed by atoms with Crippen molar-refractivity contribution in [2.24, 2.45) is 4.99 Å². The van der Waals surface area contributed by atoms with Crippen molar-refractivity contribution in [1.82, 2.24) is 10.1 Å². The monoisotopic (exact) mass is 312 g/mol. The van der Waals surface area contributed by atoms with E-state index in [4.69, 9.17) is 9.26 Å². The number of aliphatic imine (C=N–C) groups is 1. The Morgan fingerprint density at radius 3 is 2.78 bits per heavy atom. The van der Waals surface area contributed by atoms with Gasteiger partial charge in [-0.1, -0.05) is 23.9 Å². The average molecular weight is 312 g/mol. The Labute approximate surface area is 135 Å². The predicted octanol–water partition coefficient (Wildman–Crippen LogP) is 3.54. The smallest absolute Gasteiger partial charge is 0.237 e. The highest BCUT2D eigenvalue weighted by atomic mass is 16.5. The van der Waals surface area contributed by atoms with Crippen molar-refractivity contribution in [2.75, 3.05) is 19.5 Å². The summed E-state index contributed by atoms with van der Waals surface area (Å²) in [5, 5.41) is 7.18. The van der Waals surface area contributed by atoms with Gasteiger partial charge in [-0.3, -0.25) is 4.99 Å². The molecule has 0 fully saturated rings. The number of aryl methyl sites for hydroxylation is 2. The van der Waals surface area contributed by atoms with Gasteiger partial charge in [0, 0.05) is 24.4 Å². The first-order valence-corrected chi connectivity index (χ1v) is 7.10. The highest BCUT2D eigenvalue weighted by Gasteiger charge is 2.15. The summed E-state index contributed by atoms with van der Waals surface area (Å²) < 4.78 is 10.5. The van der Waals surface area contributed by atoms with E-state index < -0.39 is 0 Å². The van der Waals surface area contributed by atoms with Crippen LogP contribution in [0, 0.1) is 13.8 Å². The zero-order valence-electron chi connectivity index (χ0n) is 13.8. The zero-order chi connectivity index (χ0) is 16.8. The third-order valence-electron chi connectivity index (χ3n) is 3.26. The quantitative estimate of drug-likeness (QED) is 0.519. The van der Waals surface area contributed by atoms with Crippen LogP contribution in [0.25, 0.3) is 11.1 Å². The van der Waals surface area contributed by atoms with Gasteiger partial charge in [-0.15, -0.1) is 0 Å². The number of allylic oxidation sites excluding steroid dienone is 2. The molecule has 23 heavy (non-hydrogen) atoms. The largest absolute Gasteiger partial charge is 0.480 e. The van der Waals surface area contributed by atoms with Crippen molar-refractivity contribution in [1.29, 1.82) is 0 Å². The standard InChI is InChI=1S/C17H20N4O2/c1-6-7-8-15(18-4)20-14-9-13(10-19-17(14)22-5)16-11(2)21-23-12(16)3/h6-10H,1H2,2-5H3,(H,18,20)/b8-7-. The second-order valence-corrected chi connectivity index (χ2v) is 4.81. The van der Waals surface area contributed by atoms with Crippen LogP contribution in [0.5, 0.6) is 5.88 Å². The lowest BCUT2D eigenvalue weighted by Crippen LogP contribution is -2.10. The summed E-state index contributed by atoms with van der Waals surface area (Å²) in [6, 6.07) is 1.94. The highest BCUT2D eigenvalue weighted by molar-refractivity contribution is 6.04. The molecule has 2 heterocycles. The Hall–Kier alpha value is -2.89. The third-order valence-corrected chi connectivity index (χ3v) is 3.26. The van der Waals surface area contributed by atoms with Crippen LogP contribution in [0.3, 0.4) is 0 Å². The molecule has 0 unspecified atom stereocenters. The van der Waals surface area contributed by atoms with E-state index in [2.05, 4.69) is 27.0 Å². The van der Waals surface area contributed by atoms with E-state index >= 15 is 0 Å². The van der Waals surface area contributed by atoms with E-state index in [0.717, 1.165) is 22.6 Å². The molecule has 0 aliphatic rings. The molecule has 2 aromatic heterocycles. The summed E-state index contributed by atoms with van der Waals surface area (Å²) in [4.78, 5) is 8.53. The maximum atomic E-state index is 5.32. The third kappa shape index (κ3) is 3.66. The maximum absolute atomic E-state index is 5.32. The Morgan fingerprint density at radius 2 is 2.22 bits per heavy atom. The van der Waals surface area contributed by atoms with Crippen molar-refractivity contribution < 1.29 is 9.26 Å². The number of pyridine rings is 1. The normalized spacial score (nSPS) is 11.7. The van der Waals surface area contributed by atoms with E-state index in [0.29, 0.717) is 17.4 Å². The molecule has 0 amide bonds. The maximum Gasteiger partial charge on any atom is 0.237 e. The number of nitrogens with zero attached hydrogens (tertiary/aromatic N) is 3. The summed E-state index contributed by atoms with van der Waals surface area (Å²) in [5.74, 6) is 1.89. The first kappa shape index (κ1) is 16.5. The van der Waals surface area contributed by atoms with E-state index in [1.54, 1.807) is 32.5 Å². The van der Waals surface area contributed by atoms with E-state index in [1.165, 1.54) is 0 Å². The number of hydrogen-bond acceptors (Lipinski definition) is 5. The van der Waals surface area contributed by atoms with Gasteiger partial charge in [0.2, 0.25) is 5.88 Å². The lowest BCUT2D eigenvalue weighted by Gasteiger charge is -2.11. The van der Waals surface area contributed by atoms with Gasteiger partial charge in [0.05, 0.1) is 12.8 Å². The fourth-order valence-electron chi connectivity index (χ4n) is 2.21. The lowest BCUT2D eigenvalue weighted by atomic mass is 10.1. The number of aromatic nitrogens is 2. The van der Waals surface area contributed by atoms with Gasteiger partial charge in [-0.25, -0.2) is 4.98 Å². The van der Waals surface area contributed by atoms with Crippen LogP contribution >= 0.6 is 0 Å². The Balaban J connectivity index is 2.44. The number of nitrogens with one attached hydrogen (secondary N) is 1. The van der Waals surface area contributed by atoms with E-state index in [1.807, 2.05) is 26.0 Å². The van der Waals surface area contributed by atoms with Gasteiger partial charge in [-0.2, -0.15) is 0 Å². The highest BCUT2D eigenvalue weighted by Crippen LogP contribution is 2.31. The minimum absolute atomic E-state index is 0.480. The molecular weight excluding hydrogens is 292 g/mol. The number of amidine groups is 1. The van der Waals surface area contributed by atoms with Crippen molar-refractivity contribution in [2.45, 2.75) is 13.8 Å². The molecule has 120 valence electrons. The van der Waals surface area contributed by atoms with Gasteiger partial charge in [0.15, 0.2) is 0 Å². The van der Waals surface area contributed by atoms with E-state index in [9.17, 15) is 0 Å². The summed E-state index contributed by atoms with van der Waals surface area (Å²) in [6.07, 6.45) is 7.03. The van der Waals surface area contributed by atoms with Crippen molar-refractivity contribution in [3.63, 3.8) is 0 Å². The molecule has 0 aromatic carbocycles. The Kier molecular flexibility index (Phi) is 5.30. The van der Waals surface area contributed by atoms with Crippen LogP contribution in [0.1, 0.15) is 11.5 Å². The van der Waals surface area contributed by atoms with Crippen LogP contribution in [-0.2, 0) is 0 Å². The SMILES string of the molecule is C=C/C=C\C(=NC)Nc1cc(-c2c(C)noc2C)cnc1OC. The molecule has 0 saturated heterocycles. The first-order valence-electron chi connectivity index (χ1n) is 7.10. The fourth-order valence-corrected chi connectivity index (χ4v) is 2.21. The molecule has 0 aliphatic carbocycles. The molecule has 2 aromatic rings. The molecule has 0 atom stereocenters. The molecule has 0 bridgehead atoms. The first-order chi connectivity index (χ1) is 11.1. The van der Waals surface area contributed by atoms with Crippen LogP contribution < -0.4 is 10.1 Å². The topological polar surface area (TPSA) is 72.5 Å². The Bertz CT molecular complexity index is 740. The molecule has 6 heteroatoms. The number of anilines is 1. The van der Waals surface area contributed by atoms with Crippen molar-refractivity contribution in [3.8, 4) is 17.0 Å². The van der Waals surface area contributed by atoms with Crippen LogP contribution in [-0.4, -0.2) is 30.1 Å². The number of rotatable bonds is 5. The second-order valence-electron chi connectivity index (χ2n) is 4.81. The molecule has 0 spiro atoms. The van der Waals surface area contributed by atoms with Gasteiger partial charge < -0.3 is 14.6 Å². The summed E-state index contributed by atoms with van der Waals surface area (Å²) in [5.41, 5.74) is 3.35. The van der Waals surface area contributed by atoms with Gasteiger partial charge in [0.25, 0.3) is 0 Å². The molecule has 6 nitrogen and oxygen atoms in total. The van der Waals surface area contributed by atoms with Crippen molar-refractivity contribution >= 4 is 11.5 Å². The lowest BCUT2D eigenvalue weighted by molar-refractivity contribution is 0.393. The summed E-state index contributed by atoms with van der Waals surface area (Å²) >= 11 is 0. The minimum atomic E-state index is 0.480.